The molecule has 2 unspecified atom stereocenters. The molecule has 1 aliphatic carbocycles. The van der Waals surface area contributed by atoms with Gasteiger partial charge in [-0.25, -0.2) is 0 Å². The van der Waals surface area contributed by atoms with Crippen LogP contribution in [0.4, 0.5) is 0 Å². The van der Waals surface area contributed by atoms with Crippen molar-refractivity contribution in [3.8, 4) is 5.75 Å². The predicted octanol–water partition coefficient (Wildman–Crippen LogP) is 1.92. The number of carbonyl (C=O) groups excluding carboxylic acids is 1. The monoisotopic (exact) mass is 262 g/mol. The minimum atomic E-state index is -0.495. The largest absolute Gasteiger partial charge is 0.481 e. The first-order valence-corrected chi connectivity index (χ1v) is 6.83. The summed E-state index contributed by atoms with van der Waals surface area (Å²) in [7, 11) is 0. The van der Waals surface area contributed by atoms with Crippen molar-refractivity contribution in [3.63, 3.8) is 0 Å². The van der Waals surface area contributed by atoms with Gasteiger partial charge in [0.15, 0.2) is 6.10 Å². The summed E-state index contributed by atoms with van der Waals surface area (Å²) in [4.78, 5) is 11.9. The first-order chi connectivity index (χ1) is 8.99. The van der Waals surface area contributed by atoms with Crippen LogP contribution in [0.2, 0.25) is 0 Å². The average Bonchev–Trinajstić information content (AvgIpc) is 2.71. The lowest BCUT2D eigenvalue weighted by atomic mass is 10.1. The number of nitrogens with one attached hydrogen (secondary N) is 1. The number of rotatable bonds is 4. The molecule has 1 aromatic rings. The summed E-state index contributed by atoms with van der Waals surface area (Å²) >= 11 is 0. The molecule has 1 aromatic carbocycles. The SMILES string of the molecule is CC(C)NC(=O)C(C)Oc1cccc2c1CCC2N. The lowest BCUT2D eigenvalue weighted by Crippen LogP contribution is -2.40. The van der Waals surface area contributed by atoms with Crippen LogP contribution in [0.1, 0.15) is 44.4 Å². The van der Waals surface area contributed by atoms with Gasteiger partial charge in [0.05, 0.1) is 0 Å². The Morgan fingerprint density at radius 3 is 2.84 bits per heavy atom. The first-order valence-electron chi connectivity index (χ1n) is 6.83. The summed E-state index contributed by atoms with van der Waals surface area (Å²) in [6.45, 7) is 5.64. The van der Waals surface area contributed by atoms with Gasteiger partial charge >= 0.3 is 0 Å². The minimum Gasteiger partial charge on any atom is -0.481 e. The molecule has 1 amide bonds. The van der Waals surface area contributed by atoms with Crippen molar-refractivity contribution in [3.05, 3.63) is 29.3 Å². The number of hydrogen-bond donors (Lipinski definition) is 2. The van der Waals surface area contributed by atoms with Crippen LogP contribution in [-0.2, 0) is 11.2 Å². The van der Waals surface area contributed by atoms with Crippen molar-refractivity contribution in [2.24, 2.45) is 5.73 Å². The Kier molecular flexibility index (Phi) is 4.10. The summed E-state index contributed by atoms with van der Waals surface area (Å²) in [5, 5.41) is 2.85. The summed E-state index contributed by atoms with van der Waals surface area (Å²) in [6, 6.07) is 6.10. The van der Waals surface area contributed by atoms with Crippen LogP contribution < -0.4 is 15.8 Å². The molecule has 0 spiro atoms. The Morgan fingerprint density at radius 1 is 1.42 bits per heavy atom. The predicted molar refractivity (Wildman–Crippen MR) is 75.1 cm³/mol. The molecule has 0 fully saturated rings. The standard InChI is InChI=1S/C15H22N2O2/c1-9(2)17-15(18)10(3)19-14-6-4-5-11-12(14)7-8-13(11)16/h4-6,9-10,13H,7-8,16H2,1-3H3,(H,17,18). The van der Waals surface area contributed by atoms with Gasteiger partial charge < -0.3 is 15.8 Å². The fourth-order valence-electron chi connectivity index (χ4n) is 2.41. The molecule has 4 heteroatoms. The number of amides is 1. The molecule has 0 radical (unpaired) electrons. The van der Waals surface area contributed by atoms with Gasteiger partial charge in [0.1, 0.15) is 5.75 Å². The zero-order valence-corrected chi connectivity index (χ0v) is 11.8. The number of ether oxygens (including phenoxy) is 1. The molecular weight excluding hydrogens is 240 g/mol. The van der Waals surface area contributed by atoms with E-state index in [2.05, 4.69) is 5.32 Å². The van der Waals surface area contributed by atoms with Gasteiger partial charge in [-0.1, -0.05) is 12.1 Å². The van der Waals surface area contributed by atoms with Gasteiger partial charge in [-0.05, 0) is 50.8 Å². The molecule has 2 rings (SSSR count). The van der Waals surface area contributed by atoms with Gasteiger partial charge in [-0.15, -0.1) is 0 Å². The van der Waals surface area contributed by atoms with Gasteiger partial charge in [-0.2, -0.15) is 0 Å². The van der Waals surface area contributed by atoms with Crippen molar-refractivity contribution < 1.29 is 9.53 Å². The highest BCUT2D eigenvalue weighted by molar-refractivity contribution is 5.81. The molecule has 4 nitrogen and oxygen atoms in total. The Bertz CT molecular complexity index is 471. The van der Waals surface area contributed by atoms with E-state index < -0.39 is 6.10 Å². The second kappa shape index (κ2) is 5.61. The lowest BCUT2D eigenvalue weighted by Gasteiger charge is -2.18. The normalized spacial score (nSPS) is 19.1. The van der Waals surface area contributed by atoms with Crippen LogP contribution in [0, 0.1) is 0 Å². The smallest absolute Gasteiger partial charge is 0.260 e. The van der Waals surface area contributed by atoms with Crippen molar-refractivity contribution in [2.45, 2.75) is 51.8 Å². The number of carbonyl (C=O) groups is 1. The number of fused-ring (bicyclic) bond motifs is 1. The summed E-state index contributed by atoms with van der Waals surface area (Å²) in [6.07, 6.45) is 1.37. The molecule has 19 heavy (non-hydrogen) atoms. The van der Waals surface area contributed by atoms with E-state index in [1.165, 1.54) is 0 Å². The Hall–Kier alpha value is -1.55. The van der Waals surface area contributed by atoms with Crippen LogP contribution in [0.15, 0.2) is 18.2 Å². The van der Waals surface area contributed by atoms with E-state index in [-0.39, 0.29) is 18.0 Å². The minimum absolute atomic E-state index is 0.0881. The van der Waals surface area contributed by atoms with E-state index in [0.29, 0.717) is 0 Å². The van der Waals surface area contributed by atoms with Crippen LogP contribution in [-0.4, -0.2) is 18.1 Å². The number of benzene rings is 1. The highest BCUT2D eigenvalue weighted by atomic mass is 16.5. The van der Waals surface area contributed by atoms with Gasteiger partial charge in [0.2, 0.25) is 0 Å². The van der Waals surface area contributed by atoms with Crippen molar-refractivity contribution in [1.29, 1.82) is 0 Å². The van der Waals surface area contributed by atoms with E-state index in [0.717, 1.165) is 29.7 Å². The van der Waals surface area contributed by atoms with Crippen molar-refractivity contribution in [1.82, 2.24) is 5.32 Å². The summed E-state index contributed by atoms with van der Waals surface area (Å²) in [5.41, 5.74) is 8.34. The molecule has 0 heterocycles. The highest BCUT2D eigenvalue weighted by Crippen LogP contribution is 2.35. The topological polar surface area (TPSA) is 64.3 Å². The van der Waals surface area contributed by atoms with E-state index in [4.69, 9.17) is 10.5 Å². The molecule has 104 valence electrons. The number of nitrogens with two attached hydrogens (primary N) is 1. The fraction of sp³-hybridized carbons (Fsp3) is 0.533. The fourth-order valence-corrected chi connectivity index (χ4v) is 2.41. The van der Waals surface area contributed by atoms with Crippen LogP contribution in [0.5, 0.6) is 5.75 Å². The molecule has 0 aliphatic heterocycles. The first kappa shape index (κ1) is 13.9. The molecule has 0 saturated heterocycles. The molecule has 0 bridgehead atoms. The van der Waals surface area contributed by atoms with Crippen LogP contribution in [0.3, 0.4) is 0 Å². The molecule has 3 N–H and O–H groups in total. The number of hydrogen-bond acceptors (Lipinski definition) is 3. The summed E-state index contributed by atoms with van der Waals surface area (Å²) < 4.78 is 5.80. The zero-order chi connectivity index (χ0) is 14.0. The Labute approximate surface area is 114 Å². The van der Waals surface area contributed by atoms with Gasteiger partial charge in [0.25, 0.3) is 5.91 Å². The van der Waals surface area contributed by atoms with Crippen LogP contribution >= 0.6 is 0 Å². The van der Waals surface area contributed by atoms with Gasteiger partial charge in [-0.3, -0.25) is 4.79 Å². The molecule has 2 atom stereocenters. The second-order valence-corrected chi connectivity index (χ2v) is 5.39. The maximum Gasteiger partial charge on any atom is 0.260 e. The molecule has 0 saturated carbocycles. The van der Waals surface area contributed by atoms with Crippen molar-refractivity contribution in [2.75, 3.05) is 0 Å². The Balaban J connectivity index is 2.10. The highest BCUT2D eigenvalue weighted by Gasteiger charge is 2.24. The quantitative estimate of drug-likeness (QED) is 0.871. The molecule has 1 aliphatic rings. The maximum atomic E-state index is 11.9. The van der Waals surface area contributed by atoms with Crippen LogP contribution in [0.25, 0.3) is 0 Å². The lowest BCUT2D eigenvalue weighted by molar-refractivity contribution is -0.127. The third-order valence-corrected chi connectivity index (χ3v) is 3.38. The van der Waals surface area contributed by atoms with E-state index in [9.17, 15) is 4.79 Å². The average molecular weight is 262 g/mol. The third-order valence-electron chi connectivity index (χ3n) is 3.38. The second-order valence-electron chi connectivity index (χ2n) is 5.39. The van der Waals surface area contributed by atoms with E-state index in [1.54, 1.807) is 6.92 Å². The van der Waals surface area contributed by atoms with Gasteiger partial charge in [0, 0.05) is 12.1 Å². The summed E-state index contributed by atoms with van der Waals surface area (Å²) in [5.74, 6) is 0.701. The third kappa shape index (κ3) is 3.07. The van der Waals surface area contributed by atoms with E-state index in [1.807, 2.05) is 32.0 Å². The van der Waals surface area contributed by atoms with E-state index >= 15 is 0 Å². The zero-order valence-electron chi connectivity index (χ0n) is 11.8. The van der Waals surface area contributed by atoms with Crippen molar-refractivity contribution >= 4 is 5.91 Å². The maximum absolute atomic E-state index is 11.9. The molecule has 0 aromatic heterocycles. The Morgan fingerprint density at radius 2 is 2.16 bits per heavy atom. The molecular formula is C15H22N2O2.